The predicted octanol–water partition coefficient (Wildman–Crippen LogP) is 4.01. The Kier molecular flexibility index (Phi) is 11.0. The fourth-order valence-corrected chi connectivity index (χ4v) is 2.60. The Balaban J connectivity index is 3.32. The van der Waals surface area contributed by atoms with E-state index in [0.29, 0.717) is 13.2 Å². The van der Waals surface area contributed by atoms with Crippen LogP contribution in [0.15, 0.2) is 0 Å². The van der Waals surface area contributed by atoms with Gasteiger partial charge in [-0.25, -0.2) is 0 Å². The average Bonchev–Trinajstić information content (AvgIpc) is 2.25. The Morgan fingerprint density at radius 2 is 1.44 bits per heavy atom. The highest BCUT2D eigenvalue weighted by atomic mass is 32.5. The smallest absolute Gasteiger partial charge is 0.324 e. The van der Waals surface area contributed by atoms with E-state index in [1.807, 2.05) is 6.92 Å². The lowest BCUT2D eigenvalue weighted by molar-refractivity contribution is 0.194. The van der Waals surface area contributed by atoms with Crippen molar-refractivity contribution in [2.24, 2.45) is 0 Å². The average molecular weight is 268 g/mol. The summed E-state index contributed by atoms with van der Waals surface area (Å²) < 4.78 is 10.3. The summed E-state index contributed by atoms with van der Waals surface area (Å²) in [7, 11) is 0. The molecule has 0 saturated carbocycles. The van der Waals surface area contributed by atoms with E-state index in [2.05, 4.69) is 6.92 Å². The second-order valence-corrected chi connectivity index (χ2v) is 6.74. The van der Waals surface area contributed by atoms with Gasteiger partial charge in [0.05, 0.1) is 13.2 Å². The minimum Gasteiger partial charge on any atom is -0.324 e. The molecule has 16 heavy (non-hydrogen) atoms. The van der Waals surface area contributed by atoms with Gasteiger partial charge in [0.1, 0.15) is 0 Å². The largest absolute Gasteiger partial charge is 0.324 e. The zero-order valence-electron chi connectivity index (χ0n) is 10.5. The van der Waals surface area contributed by atoms with Crippen molar-refractivity contribution in [3.63, 3.8) is 0 Å². The molecule has 98 valence electrons. The highest BCUT2D eigenvalue weighted by molar-refractivity contribution is 8.07. The van der Waals surface area contributed by atoms with Crippen LogP contribution in [0.2, 0.25) is 0 Å². The van der Waals surface area contributed by atoms with E-state index >= 15 is 0 Å². The number of hydrogen-bond donors (Lipinski definition) is 1. The molecule has 0 amide bonds. The van der Waals surface area contributed by atoms with Crippen molar-refractivity contribution < 1.29 is 13.9 Å². The second-order valence-electron chi connectivity index (χ2n) is 3.90. The van der Waals surface area contributed by atoms with Gasteiger partial charge in [-0.2, -0.15) is 0 Å². The maximum atomic E-state index is 9.57. The first-order chi connectivity index (χ1) is 7.62. The maximum absolute atomic E-state index is 9.57. The normalized spacial score (nSPS) is 14.9. The molecule has 0 bridgehead atoms. The molecule has 0 aromatic rings. The molecule has 0 aromatic carbocycles. The molecule has 0 aromatic heterocycles. The standard InChI is InChI=1S/C11H25O3PS/c1-3-5-6-7-8-9-11-14-15(12,16)13-10-4-2/h3-11H2,1-2H3,(H,12,16). The molecule has 0 spiro atoms. The van der Waals surface area contributed by atoms with E-state index in [1.54, 1.807) is 0 Å². The van der Waals surface area contributed by atoms with E-state index in [-0.39, 0.29) is 0 Å². The van der Waals surface area contributed by atoms with Crippen LogP contribution in [0.5, 0.6) is 0 Å². The zero-order valence-corrected chi connectivity index (χ0v) is 12.2. The first kappa shape index (κ1) is 16.5. The molecule has 0 aliphatic heterocycles. The quantitative estimate of drug-likeness (QED) is 0.454. The van der Waals surface area contributed by atoms with Gasteiger partial charge in [0.15, 0.2) is 0 Å². The van der Waals surface area contributed by atoms with E-state index in [9.17, 15) is 4.89 Å². The summed E-state index contributed by atoms with van der Waals surface area (Å²) in [5.74, 6) is 0. The third kappa shape index (κ3) is 11.0. The van der Waals surface area contributed by atoms with Crippen LogP contribution in [0, 0.1) is 0 Å². The molecule has 0 aliphatic carbocycles. The van der Waals surface area contributed by atoms with Crippen molar-refractivity contribution in [2.45, 2.75) is 58.8 Å². The molecule has 0 heterocycles. The lowest BCUT2D eigenvalue weighted by atomic mass is 10.1. The van der Waals surface area contributed by atoms with Crippen molar-refractivity contribution >= 4 is 18.5 Å². The Morgan fingerprint density at radius 3 is 2.06 bits per heavy atom. The molecular formula is C11H25O3PS. The van der Waals surface area contributed by atoms with Crippen LogP contribution in [0.4, 0.5) is 0 Å². The Hall–Kier alpha value is 0.530. The second kappa shape index (κ2) is 10.7. The first-order valence-corrected chi connectivity index (χ1v) is 8.83. The minimum absolute atomic E-state index is 0.476. The highest BCUT2D eigenvalue weighted by Gasteiger charge is 2.13. The summed E-state index contributed by atoms with van der Waals surface area (Å²) >= 11 is 4.85. The van der Waals surface area contributed by atoms with Crippen LogP contribution in [0.25, 0.3) is 0 Å². The number of unbranched alkanes of at least 4 members (excludes halogenated alkanes) is 5. The Bertz CT molecular complexity index is 200. The minimum atomic E-state index is -2.94. The number of rotatable bonds is 11. The predicted molar refractivity (Wildman–Crippen MR) is 72.1 cm³/mol. The van der Waals surface area contributed by atoms with E-state index < -0.39 is 6.72 Å². The molecule has 0 saturated heterocycles. The van der Waals surface area contributed by atoms with Gasteiger partial charge in [-0.1, -0.05) is 46.0 Å². The van der Waals surface area contributed by atoms with E-state index in [0.717, 1.165) is 19.3 Å². The van der Waals surface area contributed by atoms with Gasteiger partial charge in [-0.3, -0.25) is 0 Å². The van der Waals surface area contributed by atoms with Crippen molar-refractivity contribution in [1.82, 2.24) is 0 Å². The molecule has 0 fully saturated rings. The van der Waals surface area contributed by atoms with Gasteiger partial charge in [-0.15, -0.1) is 0 Å². The zero-order chi connectivity index (χ0) is 12.3. The fourth-order valence-electron chi connectivity index (χ4n) is 1.31. The summed E-state index contributed by atoms with van der Waals surface area (Å²) in [6, 6.07) is 0. The maximum Gasteiger partial charge on any atom is 0.324 e. The molecule has 1 unspecified atom stereocenters. The molecular weight excluding hydrogens is 243 g/mol. The molecule has 0 aliphatic rings. The summed E-state index contributed by atoms with van der Waals surface area (Å²) in [5.41, 5.74) is 0. The van der Waals surface area contributed by atoms with E-state index in [4.69, 9.17) is 20.9 Å². The van der Waals surface area contributed by atoms with E-state index in [1.165, 1.54) is 25.7 Å². The summed E-state index contributed by atoms with van der Waals surface area (Å²) in [6.07, 6.45) is 8.04. The first-order valence-electron chi connectivity index (χ1n) is 6.24. The Morgan fingerprint density at radius 1 is 0.875 bits per heavy atom. The molecule has 1 atom stereocenters. The van der Waals surface area contributed by atoms with Gasteiger partial charge in [0.2, 0.25) is 0 Å². The monoisotopic (exact) mass is 268 g/mol. The molecule has 1 N–H and O–H groups in total. The van der Waals surface area contributed by atoms with Crippen LogP contribution in [0.1, 0.15) is 58.8 Å². The summed E-state index contributed by atoms with van der Waals surface area (Å²) in [4.78, 5) is 9.57. The Labute approximate surface area is 105 Å². The lowest BCUT2D eigenvalue weighted by Crippen LogP contribution is -1.97. The van der Waals surface area contributed by atoms with Crippen LogP contribution < -0.4 is 0 Å². The molecule has 5 heteroatoms. The van der Waals surface area contributed by atoms with Crippen molar-refractivity contribution in [3.8, 4) is 0 Å². The van der Waals surface area contributed by atoms with Gasteiger partial charge >= 0.3 is 6.72 Å². The number of hydrogen-bond acceptors (Lipinski definition) is 3. The summed E-state index contributed by atoms with van der Waals surface area (Å²) in [6.45, 7) is 2.24. The summed E-state index contributed by atoms with van der Waals surface area (Å²) in [5, 5.41) is 0. The van der Waals surface area contributed by atoms with Crippen LogP contribution in [-0.4, -0.2) is 18.1 Å². The van der Waals surface area contributed by atoms with Gasteiger partial charge < -0.3 is 13.9 Å². The van der Waals surface area contributed by atoms with Crippen LogP contribution in [0.3, 0.4) is 0 Å². The SMILES string of the molecule is CCCCCCCCOP(O)(=S)OCCC. The van der Waals surface area contributed by atoms with Gasteiger partial charge in [-0.05, 0) is 24.6 Å². The third-order valence-corrected chi connectivity index (χ3v) is 3.86. The molecule has 0 rings (SSSR count). The fraction of sp³-hybridized carbons (Fsp3) is 1.00. The van der Waals surface area contributed by atoms with Crippen LogP contribution in [-0.2, 0) is 20.9 Å². The molecule has 3 nitrogen and oxygen atoms in total. The van der Waals surface area contributed by atoms with Crippen molar-refractivity contribution in [2.75, 3.05) is 13.2 Å². The van der Waals surface area contributed by atoms with Crippen molar-refractivity contribution in [3.05, 3.63) is 0 Å². The third-order valence-electron chi connectivity index (χ3n) is 2.21. The lowest BCUT2D eigenvalue weighted by Gasteiger charge is -2.14. The van der Waals surface area contributed by atoms with Gasteiger partial charge in [0.25, 0.3) is 0 Å². The topological polar surface area (TPSA) is 38.7 Å². The van der Waals surface area contributed by atoms with Crippen LogP contribution >= 0.6 is 6.72 Å². The van der Waals surface area contributed by atoms with Gasteiger partial charge in [0, 0.05) is 0 Å². The molecule has 0 radical (unpaired) electrons. The highest BCUT2D eigenvalue weighted by Crippen LogP contribution is 2.43. The van der Waals surface area contributed by atoms with Crippen molar-refractivity contribution in [1.29, 1.82) is 0 Å².